The zero-order valence-electron chi connectivity index (χ0n) is 16.8. The standard InChI is InChI=1S/C22H23N7O/c1-27-21-18(13-25-27)22(24-15-23-21)29-11-9-28(10-12-29)14-20(30)26-19-8-4-6-16-5-2-3-7-17(16)19/h2-8,13,15H,9-12,14H2,1H3,(H,26,30). The summed E-state index contributed by atoms with van der Waals surface area (Å²) in [5.41, 5.74) is 1.69. The van der Waals surface area contributed by atoms with Gasteiger partial charge in [0.15, 0.2) is 5.65 Å². The molecule has 2 aromatic carbocycles. The number of rotatable bonds is 4. The molecular weight excluding hydrogens is 378 g/mol. The molecule has 0 bridgehead atoms. The fourth-order valence-electron chi connectivity index (χ4n) is 4.05. The lowest BCUT2D eigenvalue weighted by atomic mass is 10.1. The maximum Gasteiger partial charge on any atom is 0.238 e. The van der Waals surface area contributed by atoms with Gasteiger partial charge in [0, 0.05) is 44.3 Å². The van der Waals surface area contributed by atoms with Crippen LogP contribution in [0.15, 0.2) is 55.0 Å². The fourth-order valence-corrected chi connectivity index (χ4v) is 4.05. The molecule has 5 rings (SSSR count). The first-order chi connectivity index (χ1) is 14.7. The highest BCUT2D eigenvalue weighted by atomic mass is 16.2. The van der Waals surface area contributed by atoms with E-state index in [0.29, 0.717) is 6.54 Å². The first-order valence-corrected chi connectivity index (χ1v) is 10.1. The Kier molecular flexibility index (Phi) is 4.76. The molecule has 152 valence electrons. The van der Waals surface area contributed by atoms with Gasteiger partial charge in [-0.3, -0.25) is 14.4 Å². The number of carbonyl (C=O) groups excluding carboxylic acids is 1. The molecule has 0 atom stereocenters. The molecule has 0 aliphatic carbocycles. The van der Waals surface area contributed by atoms with Gasteiger partial charge >= 0.3 is 0 Å². The molecule has 1 saturated heterocycles. The molecule has 0 unspecified atom stereocenters. The Bertz CT molecular complexity index is 1210. The highest BCUT2D eigenvalue weighted by Crippen LogP contribution is 2.24. The Morgan fingerprint density at radius 1 is 1.00 bits per heavy atom. The van der Waals surface area contributed by atoms with Crippen LogP contribution in [0.2, 0.25) is 0 Å². The van der Waals surface area contributed by atoms with Gasteiger partial charge in [-0.25, -0.2) is 9.97 Å². The molecule has 0 spiro atoms. The van der Waals surface area contributed by atoms with Gasteiger partial charge in [-0.2, -0.15) is 5.10 Å². The second kappa shape index (κ2) is 7.72. The van der Waals surface area contributed by atoms with Crippen molar-refractivity contribution in [1.82, 2.24) is 24.6 Å². The van der Waals surface area contributed by atoms with Gasteiger partial charge < -0.3 is 10.2 Å². The minimum Gasteiger partial charge on any atom is -0.353 e. The average molecular weight is 401 g/mol. The summed E-state index contributed by atoms with van der Waals surface area (Å²) in [6.45, 7) is 3.59. The van der Waals surface area contributed by atoms with E-state index < -0.39 is 0 Å². The summed E-state index contributed by atoms with van der Waals surface area (Å²) < 4.78 is 1.76. The number of amides is 1. The lowest BCUT2D eigenvalue weighted by Gasteiger charge is -2.35. The van der Waals surface area contributed by atoms with Crippen LogP contribution in [-0.4, -0.2) is 63.3 Å². The molecule has 1 N–H and O–H groups in total. The van der Waals surface area contributed by atoms with Crippen LogP contribution in [0.5, 0.6) is 0 Å². The third-order valence-electron chi connectivity index (χ3n) is 5.61. The van der Waals surface area contributed by atoms with Crippen molar-refractivity contribution < 1.29 is 4.79 Å². The van der Waals surface area contributed by atoms with Crippen LogP contribution in [0.1, 0.15) is 0 Å². The molecule has 1 fully saturated rings. The molecule has 8 nitrogen and oxygen atoms in total. The van der Waals surface area contributed by atoms with Gasteiger partial charge in [0.05, 0.1) is 18.1 Å². The van der Waals surface area contributed by atoms with E-state index in [4.69, 9.17) is 0 Å². The van der Waals surface area contributed by atoms with Crippen LogP contribution >= 0.6 is 0 Å². The van der Waals surface area contributed by atoms with Crippen molar-refractivity contribution in [2.75, 3.05) is 42.9 Å². The maximum absolute atomic E-state index is 12.7. The van der Waals surface area contributed by atoms with Crippen LogP contribution in [0.3, 0.4) is 0 Å². The monoisotopic (exact) mass is 401 g/mol. The zero-order valence-corrected chi connectivity index (χ0v) is 16.8. The average Bonchev–Trinajstić information content (AvgIpc) is 3.16. The normalized spacial score (nSPS) is 15.0. The SMILES string of the molecule is Cn1ncc2c(N3CCN(CC(=O)Nc4cccc5ccccc45)CC3)ncnc21. The van der Waals surface area contributed by atoms with E-state index in [0.717, 1.165) is 59.5 Å². The topological polar surface area (TPSA) is 79.2 Å². The maximum atomic E-state index is 12.7. The van der Waals surface area contributed by atoms with Crippen molar-refractivity contribution in [2.45, 2.75) is 0 Å². The molecule has 1 aliphatic heterocycles. The predicted octanol–water partition coefficient (Wildman–Crippen LogP) is 2.28. The number of anilines is 2. The van der Waals surface area contributed by atoms with Crippen LogP contribution in [-0.2, 0) is 11.8 Å². The summed E-state index contributed by atoms with van der Waals surface area (Å²) in [7, 11) is 1.88. The number of nitrogens with one attached hydrogen (secondary N) is 1. The number of hydrogen-bond donors (Lipinski definition) is 1. The van der Waals surface area contributed by atoms with Gasteiger partial charge in [-0.05, 0) is 11.5 Å². The molecule has 2 aromatic heterocycles. The Morgan fingerprint density at radius 3 is 2.67 bits per heavy atom. The summed E-state index contributed by atoms with van der Waals surface area (Å²) in [4.78, 5) is 25.9. The van der Waals surface area contributed by atoms with Crippen LogP contribution < -0.4 is 10.2 Å². The van der Waals surface area contributed by atoms with Crippen molar-refractivity contribution >= 4 is 39.2 Å². The Balaban J connectivity index is 1.22. The summed E-state index contributed by atoms with van der Waals surface area (Å²) in [5, 5.41) is 10.5. The lowest BCUT2D eigenvalue weighted by Crippen LogP contribution is -2.49. The summed E-state index contributed by atoms with van der Waals surface area (Å²) in [5.74, 6) is 0.921. The second-order valence-corrected chi connectivity index (χ2v) is 7.54. The number of hydrogen-bond acceptors (Lipinski definition) is 6. The van der Waals surface area contributed by atoms with Crippen molar-refractivity contribution in [1.29, 1.82) is 0 Å². The van der Waals surface area contributed by atoms with Crippen molar-refractivity contribution in [3.8, 4) is 0 Å². The highest BCUT2D eigenvalue weighted by molar-refractivity contribution is 6.02. The molecule has 4 aromatic rings. The number of piperazine rings is 1. The predicted molar refractivity (Wildman–Crippen MR) is 118 cm³/mol. The molecule has 0 radical (unpaired) electrons. The van der Waals surface area contributed by atoms with E-state index in [9.17, 15) is 4.79 Å². The molecule has 1 amide bonds. The number of nitrogens with zero attached hydrogens (tertiary/aromatic N) is 6. The van der Waals surface area contributed by atoms with E-state index in [1.165, 1.54) is 0 Å². The van der Waals surface area contributed by atoms with Gasteiger partial charge in [-0.1, -0.05) is 36.4 Å². The molecule has 0 saturated carbocycles. The zero-order chi connectivity index (χ0) is 20.5. The Morgan fingerprint density at radius 2 is 1.80 bits per heavy atom. The number of fused-ring (bicyclic) bond motifs is 2. The number of aryl methyl sites for hydroxylation is 1. The highest BCUT2D eigenvalue weighted by Gasteiger charge is 2.22. The quantitative estimate of drug-likeness (QED) is 0.565. The molecular formula is C22H23N7O. The first-order valence-electron chi connectivity index (χ1n) is 10.1. The van der Waals surface area contributed by atoms with E-state index in [1.54, 1.807) is 11.0 Å². The van der Waals surface area contributed by atoms with Gasteiger partial charge in [0.25, 0.3) is 0 Å². The third-order valence-corrected chi connectivity index (χ3v) is 5.61. The summed E-state index contributed by atoms with van der Waals surface area (Å²) in [6, 6.07) is 14.1. The Hall–Kier alpha value is -3.52. The Labute approximate surface area is 174 Å². The smallest absolute Gasteiger partial charge is 0.238 e. The van der Waals surface area contributed by atoms with E-state index >= 15 is 0 Å². The third kappa shape index (κ3) is 3.46. The fraction of sp³-hybridized carbons (Fsp3) is 0.273. The molecule has 8 heteroatoms. The van der Waals surface area contributed by atoms with E-state index in [-0.39, 0.29) is 5.91 Å². The van der Waals surface area contributed by atoms with Crippen molar-refractivity contribution in [2.24, 2.45) is 7.05 Å². The largest absolute Gasteiger partial charge is 0.353 e. The molecule has 1 aliphatic rings. The van der Waals surface area contributed by atoms with Crippen molar-refractivity contribution in [3.63, 3.8) is 0 Å². The summed E-state index contributed by atoms with van der Waals surface area (Å²) >= 11 is 0. The van der Waals surface area contributed by atoms with Crippen LogP contribution in [0.25, 0.3) is 21.8 Å². The minimum absolute atomic E-state index is 0.0106. The number of carbonyl (C=O) groups is 1. The van der Waals surface area contributed by atoms with Gasteiger partial charge in [0.2, 0.25) is 5.91 Å². The number of benzene rings is 2. The second-order valence-electron chi connectivity index (χ2n) is 7.54. The van der Waals surface area contributed by atoms with E-state index in [2.05, 4.69) is 42.3 Å². The van der Waals surface area contributed by atoms with E-state index in [1.807, 2.05) is 43.6 Å². The van der Waals surface area contributed by atoms with Crippen LogP contribution in [0, 0.1) is 0 Å². The first kappa shape index (κ1) is 18.5. The lowest BCUT2D eigenvalue weighted by molar-refractivity contribution is -0.117. The number of aromatic nitrogens is 4. The minimum atomic E-state index is 0.0106. The van der Waals surface area contributed by atoms with Crippen LogP contribution in [0.4, 0.5) is 11.5 Å². The molecule has 30 heavy (non-hydrogen) atoms. The van der Waals surface area contributed by atoms with Gasteiger partial charge in [0.1, 0.15) is 12.1 Å². The summed E-state index contributed by atoms with van der Waals surface area (Å²) in [6.07, 6.45) is 3.40. The van der Waals surface area contributed by atoms with Gasteiger partial charge in [-0.15, -0.1) is 0 Å². The van der Waals surface area contributed by atoms with Crippen molar-refractivity contribution in [3.05, 3.63) is 55.0 Å². The molecule has 3 heterocycles.